The van der Waals surface area contributed by atoms with Crippen LogP contribution in [0.25, 0.3) is 6.08 Å². The molecular formula is C22H21F4NO3. The summed E-state index contributed by atoms with van der Waals surface area (Å²) in [6, 6.07) is 11.7. The van der Waals surface area contributed by atoms with Crippen molar-refractivity contribution in [2.75, 3.05) is 19.8 Å². The molecular weight excluding hydrogens is 402 g/mol. The van der Waals surface area contributed by atoms with Gasteiger partial charge in [0.15, 0.2) is 0 Å². The molecule has 0 spiro atoms. The Morgan fingerprint density at radius 1 is 1.10 bits per heavy atom. The number of ether oxygens (including phenoxy) is 2. The zero-order valence-electron chi connectivity index (χ0n) is 16.0. The van der Waals surface area contributed by atoms with E-state index in [4.69, 9.17) is 4.74 Å². The monoisotopic (exact) mass is 423 g/mol. The Morgan fingerprint density at radius 3 is 2.43 bits per heavy atom. The van der Waals surface area contributed by atoms with Gasteiger partial charge in [-0.05, 0) is 42.7 Å². The number of hydrogen-bond donors (Lipinski definition) is 1. The van der Waals surface area contributed by atoms with Crippen molar-refractivity contribution >= 4 is 12.0 Å². The number of halogens is 4. The molecule has 0 aromatic heterocycles. The minimum Gasteiger partial charge on any atom is -0.405 e. The summed E-state index contributed by atoms with van der Waals surface area (Å²) in [5.41, 5.74) is 0.636. The molecule has 1 N–H and O–H groups in total. The summed E-state index contributed by atoms with van der Waals surface area (Å²) in [5, 5.41) is 2.81. The van der Waals surface area contributed by atoms with Crippen molar-refractivity contribution in [2.24, 2.45) is 0 Å². The first-order valence-electron chi connectivity index (χ1n) is 9.42. The first-order valence-corrected chi connectivity index (χ1v) is 9.42. The summed E-state index contributed by atoms with van der Waals surface area (Å²) in [7, 11) is 0. The standard InChI is InChI=1S/C22H21F4NO3/c23-18-8-6-17(7-9-18)21(11-13-29-14-12-21)15-27-20(28)10-5-16-3-1-2-4-19(16)30-22(24,25)26/h1-10H,11-15H2,(H,27,28)/b10-5+. The molecule has 1 aliphatic rings. The Labute approximate surface area is 171 Å². The van der Waals surface area contributed by atoms with E-state index in [1.807, 2.05) is 0 Å². The van der Waals surface area contributed by atoms with Crippen molar-refractivity contribution in [3.05, 3.63) is 71.6 Å². The maximum atomic E-state index is 13.3. The van der Waals surface area contributed by atoms with Crippen LogP contribution in [0, 0.1) is 5.82 Å². The predicted molar refractivity (Wildman–Crippen MR) is 103 cm³/mol. The lowest BCUT2D eigenvalue weighted by Gasteiger charge is -2.37. The second kappa shape index (κ2) is 9.30. The van der Waals surface area contributed by atoms with Gasteiger partial charge in [0.05, 0.1) is 0 Å². The molecule has 0 saturated carbocycles. The van der Waals surface area contributed by atoms with Gasteiger partial charge in [0.25, 0.3) is 0 Å². The average Bonchev–Trinajstić information content (AvgIpc) is 2.72. The number of alkyl halides is 3. The van der Waals surface area contributed by atoms with E-state index in [1.165, 1.54) is 36.4 Å². The van der Waals surface area contributed by atoms with Crippen LogP contribution in [0.5, 0.6) is 5.75 Å². The Hall–Kier alpha value is -2.87. The fourth-order valence-electron chi connectivity index (χ4n) is 3.45. The van der Waals surface area contributed by atoms with E-state index in [2.05, 4.69) is 10.1 Å². The van der Waals surface area contributed by atoms with Crippen molar-refractivity contribution < 1.29 is 31.8 Å². The minimum absolute atomic E-state index is 0.129. The lowest BCUT2D eigenvalue weighted by Crippen LogP contribution is -2.44. The zero-order valence-corrected chi connectivity index (χ0v) is 16.0. The van der Waals surface area contributed by atoms with Crippen LogP contribution >= 0.6 is 0 Å². The molecule has 160 valence electrons. The first-order chi connectivity index (χ1) is 14.3. The highest BCUT2D eigenvalue weighted by Gasteiger charge is 2.35. The Kier molecular flexibility index (Phi) is 6.77. The molecule has 1 amide bonds. The van der Waals surface area contributed by atoms with Gasteiger partial charge in [-0.15, -0.1) is 13.2 Å². The number of amides is 1. The van der Waals surface area contributed by atoms with Crippen LogP contribution in [0.4, 0.5) is 17.6 Å². The molecule has 0 bridgehead atoms. The van der Waals surface area contributed by atoms with Crippen LogP contribution in [0.15, 0.2) is 54.6 Å². The summed E-state index contributed by atoms with van der Waals surface area (Å²) >= 11 is 0. The lowest BCUT2D eigenvalue weighted by molar-refractivity contribution is -0.274. The molecule has 0 aliphatic carbocycles. The largest absolute Gasteiger partial charge is 0.573 e. The third-order valence-corrected chi connectivity index (χ3v) is 5.07. The molecule has 8 heteroatoms. The number of carbonyl (C=O) groups is 1. The number of para-hydroxylation sites is 1. The highest BCUT2D eigenvalue weighted by Crippen LogP contribution is 2.34. The van der Waals surface area contributed by atoms with Crippen molar-refractivity contribution in [1.29, 1.82) is 0 Å². The molecule has 1 fully saturated rings. The topological polar surface area (TPSA) is 47.6 Å². The van der Waals surface area contributed by atoms with Crippen LogP contribution in [0.2, 0.25) is 0 Å². The van der Waals surface area contributed by atoms with Gasteiger partial charge in [0.2, 0.25) is 5.91 Å². The fraction of sp³-hybridized carbons (Fsp3) is 0.318. The van der Waals surface area contributed by atoms with Crippen LogP contribution in [0.3, 0.4) is 0 Å². The fourth-order valence-corrected chi connectivity index (χ4v) is 3.45. The van der Waals surface area contributed by atoms with E-state index in [-0.39, 0.29) is 17.1 Å². The lowest BCUT2D eigenvalue weighted by atomic mass is 9.74. The van der Waals surface area contributed by atoms with Crippen LogP contribution in [-0.4, -0.2) is 32.0 Å². The van der Waals surface area contributed by atoms with Gasteiger partial charge in [0, 0.05) is 36.8 Å². The smallest absolute Gasteiger partial charge is 0.405 e. The molecule has 4 nitrogen and oxygen atoms in total. The maximum Gasteiger partial charge on any atom is 0.573 e. The molecule has 2 aromatic rings. The number of benzene rings is 2. The third-order valence-electron chi connectivity index (χ3n) is 5.07. The third kappa shape index (κ3) is 5.82. The Balaban J connectivity index is 1.69. The number of rotatable bonds is 6. The van der Waals surface area contributed by atoms with Crippen molar-refractivity contribution in [2.45, 2.75) is 24.6 Å². The van der Waals surface area contributed by atoms with Gasteiger partial charge >= 0.3 is 6.36 Å². The van der Waals surface area contributed by atoms with Gasteiger partial charge in [0.1, 0.15) is 11.6 Å². The minimum atomic E-state index is -4.82. The molecule has 0 radical (unpaired) electrons. The van der Waals surface area contributed by atoms with Gasteiger partial charge in [-0.25, -0.2) is 4.39 Å². The summed E-state index contributed by atoms with van der Waals surface area (Å²) < 4.78 is 60.3. The first kappa shape index (κ1) is 21.8. The van der Waals surface area contributed by atoms with E-state index in [0.717, 1.165) is 11.6 Å². The molecule has 1 saturated heterocycles. The van der Waals surface area contributed by atoms with Gasteiger partial charge in [-0.2, -0.15) is 0 Å². The molecule has 2 aromatic carbocycles. The molecule has 1 heterocycles. The number of carbonyl (C=O) groups excluding carboxylic acids is 1. The van der Waals surface area contributed by atoms with Crippen molar-refractivity contribution in [3.8, 4) is 5.75 Å². The molecule has 0 atom stereocenters. The van der Waals surface area contributed by atoms with Gasteiger partial charge in [-0.1, -0.05) is 30.3 Å². The molecule has 1 aliphatic heterocycles. The predicted octanol–water partition coefficient (Wildman–Crippen LogP) is 4.60. The number of hydrogen-bond acceptors (Lipinski definition) is 3. The SMILES string of the molecule is O=C(/C=C/c1ccccc1OC(F)(F)F)NCC1(c2ccc(F)cc2)CCOCC1. The highest BCUT2D eigenvalue weighted by atomic mass is 19.4. The second-order valence-corrected chi connectivity index (χ2v) is 7.04. The molecule has 3 rings (SSSR count). The van der Waals surface area contributed by atoms with Crippen LogP contribution < -0.4 is 10.1 Å². The van der Waals surface area contributed by atoms with E-state index >= 15 is 0 Å². The maximum absolute atomic E-state index is 13.3. The van der Waals surface area contributed by atoms with E-state index < -0.39 is 17.7 Å². The van der Waals surface area contributed by atoms with E-state index in [1.54, 1.807) is 18.2 Å². The van der Waals surface area contributed by atoms with Crippen LogP contribution in [0.1, 0.15) is 24.0 Å². The van der Waals surface area contributed by atoms with Gasteiger partial charge in [-0.3, -0.25) is 4.79 Å². The number of nitrogens with one attached hydrogen (secondary N) is 1. The average molecular weight is 423 g/mol. The van der Waals surface area contributed by atoms with Crippen molar-refractivity contribution in [1.82, 2.24) is 5.32 Å². The molecule has 0 unspecified atom stereocenters. The summed E-state index contributed by atoms with van der Waals surface area (Å²) in [4.78, 5) is 12.3. The Morgan fingerprint density at radius 2 is 1.77 bits per heavy atom. The molecule has 30 heavy (non-hydrogen) atoms. The second-order valence-electron chi connectivity index (χ2n) is 7.04. The Bertz CT molecular complexity index is 888. The highest BCUT2D eigenvalue weighted by molar-refractivity contribution is 5.92. The van der Waals surface area contributed by atoms with E-state index in [9.17, 15) is 22.4 Å². The zero-order chi connectivity index (χ0) is 21.6. The summed E-state index contributed by atoms with van der Waals surface area (Å²) in [5.74, 6) is -1.18. The van der Waals surface area contributed by atoms with E-state index in [0.29, 0.717) is 32.6 Å². The van der Waals surface area contributed by atoms with Gasteiger partial charge < -0.3 is 14.8 Å². The summed E-state index contributed by atoms with van der Waals surface area (Å²) in [6.07, 6.45) is -1.08. The normalized spacial score (nSPS) is 16.4. The quantitative estimate of drug-likeness (QED) is 0.546. The van der Waals surface area contributed by atoms with Crippen molar-refractivity contribution in [3.63, 3.8) is 0 Å². The van der Waals surface area contributed by atoms with Crippen LogP contribution in [-0.2, 0) is 14.9 Å². The summed E-state index contributed by atoms with van der Waals surface area (Å²) in [6.45, 7) is 1.34.